The molecule has 0 saturated carbocycles. The van der Waals surface area contributed by atoms with Crippen LogP contribution in [-0.4, -0.2) is 21.6 Å². The van der Waals surface area contributed by atoms with Crippen molar-refractivity contribution >= 4 is 23.4 Å². The molecule has 30 heavy (non-hydrogen) atoms. The molecule has 0 aliphatic carbocycles. The molecule has 0 radical (unpaired) electrons. The van der Waals surface area contributed by atoms with Crippen molar-refractivity contribution in [2.45, 2.75) is 17.5 Å². The van der Waals surface area contributed by atoms with Crippen LogP contribution in [0.3, 0.4) is 0 Å². The lowest BCUT2D eigenvalue weighted by Gasteiger charge is -2.13. The number of hydrogen-bond acceptors (Lipinski definition) is 5. The molecule has 1 N–H and O–H groups in total. The molecule has 0 spiro atoms. The van der Waals surface area contributed by atoms with Crippen molar-refractivity contribution in [3.05, 3.63) is 60.0 Å². The van der Waals surface area contributed by atoms with Gasteiger partial charge in [-0.25, -0.2) is 9.97 Å². The standard InChI is InChI=1S/C18H11F6N3O2S/c19-17(20,21)10-4-1-2-5-11(10)25-15(28)9-30-16-26-12(13-6-3-7-29-13)8-14(27-16)18(22,23)24/h1-8H,9H2,(H,25,28). The summed E-state index contributed by atoms with van der Waals surface area (Å²) in [5.41, 5.74) is -2.89. The van der Waals surface area contributed by atoms with Gasteiger partial charge in [-0.05, 0) is 30.3 Å². The first-order valence-electron chi connectivity index (χ1n) is 8.13. The van der Waals surface area contributed by atoms with Gasteiger partial charge in [0, 0.05) is 0 Å². The van der Waals surface area contributed by atoms with E-state index in [2.05, 4.69) is 15.3 Å². The van der Waals surface area contributed by atoms with E-state index in [1.807, 2.05) is 0 Å². The molecule has 0 saturated heterocycles. The number of anilines is 1. The van der Waals surface area contributed by atoms with E-state index in [1.54, 1.807) is 0 Å². The summed E-state index contributed by atoms with van der Waals surface area (Å²) in [7, 11) is 0. The van der Waals surface area contributed by atoms with Crippen LogP contribution in [0.1, 0.15) is 11.3 Å². The summed E-state index contributed by atoms with van der Waals surface area (Å²) in [6, 6.07) is 7.90. The number of para-hydroxylation sites is 1. The Morgan fingerprint density at radius 3 is 2.37 bits per heavy atom. The highest BCUT2D eigenvalue weighted by molar-refractivity contribution is 7.99. The van der Waals surface area contributed by atoms with E-state index >= 15 is 0 Å². The van der Waals surface area contributed by atoms with E-state index in [9.17, 15) is 31.1 Å². The Labute approximate surface area is 169 Å². The lowest BCUT2D eigenvalue weighted by molar-refractivity contribution is -0.141. The highest BCUT2D eigenvalue weighted by Crippen LogP contribution is 2.35. The molecule has 1 amide bonds. The average Bonchev–Trinajstić information content (AvgIpc) is 3.20. The first kappa shape index (κ1) is 21.7. The van der Waals surface area contributed by atoms with Crippen LogP contribution in [0.15, 0.2) is 58.3 Å². The van der Waals surface area contributed by atoms with Gasteiger partial charge in [0.2, 0.25) is 5.91 Å². The Hall–Kier alpha value is -3.02. The van der Waals surface area contributed by atoms with Crippen molar-refractivity contribution < 1.29 is 35.6 Å². The minimum absolute atomic E-state index is 0.0632. The number of amides is 1. The molecule has 158 valence electrons. The quantitative estimate of drug-likeness (QED) is 0.318. The molecule has 0 unspecified atom stereocenters. The maximum Gasteiger partial charge on any atom is 0.433 e. The number of halogens is 6. The van der Waals surface area contributed by atoms with Crippen LogP contribution >= 0.6 is 11.8 Å². The third-order valence-corrected chi connectivity index (χ3v) is 4.46. The summed E-state index contributed by atoms with van der Waals surface area (Å²) >= 11 is 0.546. The molecule has 0 fully saturated rings. The molecule has 1 aromatic carbocycles. The number of aromatic nitrogens is 2. The predicted octanol–water partition coefficient (Wildman–Crippen LogP) is 5.51. The number of nitrogens with zero attached hydrogens (tertiary/aromatic N) is 2. The number of thioether (sulfide) groups is 1. The second kappa shape index (κ2) is 8.38. The largest absolute Gasteiger partial charge is 0.463 e. The van der Waals surface area contributed by atoms with Crippen molar-refractivity contribution in [2.75, 3.05) is 11.1 Å². The number of hydrogen-bond donors (Lipinski definition) is 1. The van der Waals surface area contributed by atoms with Crippen LogP contribution in [0.2, 0.25) is 0 Å². The van der Waals surface area contributed by atoms with Crippen LogP contribution in [-0.2, 0) is 17.1 Å². The molecule has 0 atom stereocenters. The topological polar surface area (TPSA) is 68.0 Å². The molecule has 2 aromatic heterocycles. The van der Waals surface area contributed by atoms with Gasteiger partial charge in [0.25, 0.3) is 0 Å². The van der Waals surface area contributed by atoms with Crippen molar-refractivity contribution in [1.29, 1.82) is 0 Å². The van der Waals surface area contributed by atoms with Gasteiger partial charge in [0.15, 0.2) is 10.9 Å². The van der Waals surface area contributed by atoms with Gasteiger partial charge < -0.3 is 9.73 Å². The highest BCUT2D eigenvalue weighted by atomic mass is 32.2. The second-order valence-corrected chi connectivity index (χ2v) is 6.72. The van der Waals surface area contributed by atoms with Gasteiger partial charge in [0.1, 0.15) is 11.4 Å². The number of alkyl halides is 6. The average molecular weight is 447 g/mol. The summed E-state index contributed by atoms with van der Waals surface area (Å²) in [5, 5.41) is 1.72. The summed E-state index contributed by atoms with van der Waals surface area (Å²) < 4.78 is 83.4. The minimum atomic E-state index is -4.77. The van der Waals surface area contributed by atoms with Crippen molar-refractivity contribution in [1.82, 2.24) is 9.97 Å². The van der Waals surface area contributed by atoms with Gasteiger partial charge >= 0.3 is 12.4 Å². The predicted molar refractivity (Wildman–Crippen MR) is 95.5 cm³/mol. The summed E-state index contributed by atoms with van der Waals surface area (Å²) in [6.45, 7) is 0. The summed E-state index contributed by atoms with van der Waals surface area (Å²) in [6.07, 6.45) is -8.20. The van der Waals surface area contributed by atoms with Crippen LogP contribution in [0, 0.1) is 0 Å². The first-order chi connectivity index (χ1) is 14.0. The van der Waals surface area contributed by atoms with Crippen LogP contribution < -0.4 is 5.32 Å². The van der Waals surface area contributed by atoms with Gasteiger partial charge in [-0.1, -0.05) is 23.9 Å². The molecule has 3 rings (SSSR count). The number of nitrogens with one attached hydrogen (secondary N) is 1. The Balaban J connectivity index is 1.77. The smallest absolute Gasteiger partial charge is 0.433 e. The normalized spacial score (nSPS) is 12.1. The molecule has 0 aliphatic heterocycles. The van der Waals surface area contributed by atoms with Gasteiger partial charge in [0.05, 0.1) is 23.3 Å². The van der Waals surface area contributed by atoms with E-state index in [0.29, 0.717) is 17.8 Å². The molecule has 0 aliphatic rings. The van der Waals surface area contributed by atoms with Gasteiger partial charge in [-0.3, -0.25) is 4.79 Å². The van der Waals surface area contributed by atoms with E-state index in [0.717, 1.165) is 12.1 Å². The van der Waals surface area contributed by atoms with Gasteiger partial charge in [-0.15, -0.1) is 0 Å². The van der Waals surface area contributed by atoms with Crippen molar-refractivity contribution in [3.8, 4) is 11.5 Å². The number of rotatable bonds is 5. The lowest BCUT2D eigenvalue weighted by Crippen LogP contribution is -2.18. The van der Waals surface area contributed by atoms with Crippen LogP contribution in [0.25, 0.3) is 11.5 Å². The first-order valence-corrected chi connectivity index (χ1v) is 9.11. The minimum Gasteiger partial charge on any atom is -0.463 e. The third kappa shape index (κ3) is 5.32. The molecule has 0 bridgehead atoms. The van der Waals surface area contributed by atoms with E-state index in [-0.39, 0.29) is 16.6 Å². The van der Waals surface area contributed by atoms with E-state index < -0.39 is 41.0 Å². The zero-order valence-corrected chi connectivity index (χ0v) is 15.5. The molecule has 5 nitrogen and oxygen atoms in total. The van der Waals surface area contributed by atoms with Crippen LogP contribution in [0.4, 0.5) is 32.0 Å². The van der Waals surface area contributed by atoms with Crippen molar-refractivity contribution in [3.63, 3.8) is 0 Å². The maximum atomic E-state index is 13.1. The Morgan fingerprint density at radius 2 is 1.73 bits per heavy atom. The fourth-order valence-electron chi connectivity index (χ4n) is 2.34. The van der Waals surface area contributed by atoms with E-state index in [4.69, 9.17) is 4.42 Å². The van der Waals surface area contributed by atoms with Crippen LogP contribution in [0.5, 0.6) is 0 Å². The number of benzene rings is 1. The molecule has 3 aromatic rings. The number of furan rings is 1. The third-order valence-electron chi connectivity index (χ3n) is 3.61. The second-order valence-electron chi connectivity index (χ2n) is 5.78. The fourth-order valence-corrected chi connectivity index (χ4v) is 3.00. The zero-order chi connectivity index (χ0) is 21.9. The molecule has 12 heteroatoms. The summed E-state index contributed by atoms with van der Waals surface area (Å²) in [5.74, 6) is -1.31. The SMILES string of the molecule is O=C(CSc1nc(-c2ccco2)cc(C(F)(F)F)n1)Nc1ccccc1C(F)(F)F. The molecular weight excluding hydrogens is 436 g/mol. The highest BCUT2D eigenvalue weighted by Gasteiger charge is 2.35. The Bertz CT molecular complexity index is 1040. The monoisotopic (exact) mass is 447 g/mol. The Kier molecular flexibility index (Phi) is 6.06. The zero-order valence-electron chi connectivity index (χ0n) is 14.7. The lowest BCUT2D eigenvalue weighted by atomic mass is 10.1. The maximum absolute atomic E-state index is 13.1. The fraction of sp³-hybridized carbons (Fsp3) is 0.167. The molecular formula is C18H11F6N3O2S. The van der Waals surface area contributed by atoms with Crippen molar-refractivity contribution in [2.24, 2.45) is 0 Å². The molecule has 2 heterocycles. The summed E-state index contributed by atoms with van der Waals surface area (Å²) in [4.78, 5) is 19.4. The number of carbonyl (C=O) groups excluding carboxylic acids is 1. The van der Waals surface area contributed by atoms with E-state index in [1.165, 1.54) is 30.5 Å². The van der Waals surface area contributed by atoms with Gasteiger partial charge in [-0.2, -0.15) is 26.3 Å². The Morgan fingerprint density at radius 1 is 1.00 bits per heavy atom. The number of carbonyl (C=O) groups is 1.